The molecule has 0 spiro atoms. The molecule has 1 aliphatic carbocycles. The topological polar surface area (TPSA) is 46.3 Å². The molecule has 2 aliphatic rings. The number of hydrogen-bond donors (Lipinski definition) is 0. The lowest BCUT2D eigenvalue weighted by atomic mass is 9.81. The Labute approximate surface area is 169 Å². The number of Topliss-reactive ketones (excluding diaryl/α,β-unsaturated/α-hetero) is 1. The van der Waals surface area contributed by atoms with Crippen molar-refractivity contribution in [2.24, 2.45) is 5.92 Å². The molecule has 1 aliphatic heterocycles. The van der Waals surface area contributed by atoms with Crippen molar-refractivity contribution in [2.45, 2.75) is 38.0 Å². The van der Waals surface area contributed by atoms with Gasteiger partial charge in [0.2, 0.25) is 0 Å². The zero-order valence-electron chi connectivity index (χ0n) is 16.4. The number of benzene rings is 2. The van der Waals surface area contributed by atoms with E-state index >= 15 is 0 Å². The van der Waals surface area contributed by atoms with E-state index in [1.54, 1.807) is 6.07 Å². The number of halogens is 1. The Morgan fingerprint density at radius 1 is 1.10 bits per heavy atom. The number of rotatable bonds is 4. The second-order valence-electron chi connectivity index (χ2n) is 8.47. The first kappa shape index (κ1) is 18.5. The van der Waals surface area contributed by atoms with Crippen LogP contribution >= 0.6 is 0 Å². The zero-order chi connectivity index (χ0) is 19.8. The predicted octanol–water partition coefficient (Wildman–Crippen LogP) is 4.98. The molecular formula is C24H25FN2O2. The van der Waals surface area contributed by atoms with Crippen molar-refractivity contribution in [1.82, 2.24) is 10.1 Å². The van der Waals surface area contributed by atoms with Crippen molar-refractivity contribution < 1.29 is 13.7 Å². The van der Waals surface area contributed by atoms with Crippen LogP contribution in [0, 0.1) is 11.7 Å². The molecule has 1 unspecified atom stereocenters. The highest BCUT2D eigenvalue weighted by Gasteiger charge is 2.28. The quantitative estimate of drug-likeness (QED) is 0.628. The van der Waals surface area contributed by atoms with Crippen LogP contribution in [-0.4, -0.2) is 35.5 Å². The largest absolute Gasteiger partial charge is 0.356 e. The lowest BCUT2D eigenvalue weighted by molar-refractivity contribution is 0.0939. The Hall–Kier alpha value is -2.53. The average molecular weight is 392 g/mol. The summed E-state index contributed by atoms with van der Waals surface area (Å²) in [6.07, 6.45) is 4.82. The Morgan fingerprint density at radius 3 is 2.79 bits per heavy atom. The van der Waals surface area contributed by atoms with Gasteiger partial charge in [0.15, 0.2) is 11.4 Å². The second-order valence-corrected chi connectivity index (χ2v) is 8.47. The molecule has 1 fully saturated rings. The van der Waals surface area contributed by atoms with E-state index in [9.17, 15) is 9.18 Å². The Kier molecular flexibility index (Phi) is 4.92. The van der Waals surface area contributed by atoms with Crippen LogP contribution in [-0.2, 0) is 6.42 Å². The van der Waals surface area contributed by atoms with Crippen LogP contribution in [0.15, 0.2) is 47.0 Å². The van der Waals surface area contributed by atoms with E-state index in [-0.39, 0.29) is 5.82 Å². The summed E-state index contributed by atoms with van der Waals surface area (Å²) in [7, 11) is 0. The SMILES string of the molecule is O=C1CC(CCN2CCC(c3noc4cc(F)ccc34)CC2)Cc2ccccc21. The summed E-state index contributed by atoms with van der Waals surface area (Å²) in [6, 6.07) is 12.7. The third-order valence-electron chi connectivity index (χ3n) is 6.59. The number of likely N-dealkylation sites (tertiary alicyclic amines) is 1. The van der Waals surface area contributed by atoms with Crippen molar-refractivity contribution in [1.29, 1.82) is 0 Å². The molecule has 29 heavy (non-hydrogen) atoms. The highest BCUT2D eigenvalue weighted by Crippen LogP contribution is 2.33. The van der Waals surface area contributed by atoms with E-state index < -0.39 is 0 Å². The highest BCUT2D eigenvalue weighted by atomic mass is 19.1. The van der Waals surface area contributed by atoms with Crippen LogP contribution in [0.5, 0.6) is 0 Å². The maximum atomic E-state index is 13.4. The van der Waals surface area contributed by atoms with Crippen LogP contribution < -0.4 is 0 Å². The van der Waals surface area contributed by atoms with Gasteiger partial charge < -0.3 is 9.42 Å². The summed E-state index contributed by atoms with van der Waals surface area (Å²) in [5.74, 6) is 0.814. The smallest absolute Gasteiger partial charge is 0.170 e. The van der Waals surface area contributed by atoms with Crippen LogP contribution in [0.25, 0.3) is 11.0 Å². The molecule has 1 saturated heterocycles. The fraction of sp³-hybridized carbons (Fsp3) is 0.417. The number of carbonyl (C=O) groups excluding carboxylic acids is 1. The third kappa shape index (κ3) is 3.71. The van der Waals surface area contributed by atoms with Crippen molar-refractivity contribution in [3.05, 3.63) is 65.1 Å². The molecule has 5 rings (SSSR count). The molecule has 2 heterocycles. The van der Waals surface area contributed by atoms with Gasteiger partial charge >= 0.3 is 0 Å². The van der Waals surface area contributed by atoms with Crippen molar-refractivity contribution in [2.75, 3.05) is 19.6 Å². The molecule has 0 saturated carbocycles. The summed E-state index contributed by atoms with van der Waals surface area (Å²) in [5, 5.41) is 5.17. The van der Waals surface area contributed by atoms with E-state index in [4.69, 9.17) is 4.52 Å². The Balaban J connectivity index is 1.16. The Bertz CT molecular complexity index is 1040. The standard InChI is InChI=1S/C24H25FN2O2/c25-19-5-6-21-23(15-19)29-26-24(21)17-8-11-27(12-9-17)10-7-16-13-18-3-1-2-4-20(18)22(28)14-16/h1-6,15-17H,7-14H2. The van der Waals surface area contributed by atoms with Gasteiger partial charge in [-0.1, -0.05) is 29.4 Å². The van der Waals surface area contributed by atoms with Gasteiger partial charge in [0.25, 0.3) is 0 Å². The number of piperidine rings is 1. The maximum absolute atomic E-state index is 13.4. The zero-order valence-corrected chi connectivity index (χ0v) is 16.4. The van der Waals surface area contributed by atoms with Crippen molar-refractivity contribution >= 4 is 16.8 Å². The number of hydrogen-bond acceptors (Lipinski definition) is 4. The molecule has 150 valence electrons. The third-order valence-corrected chi connectivity index (χ3v) is 6.59. The average Bonchev–Trinajstić information content (AvgIpc) is 3.16. The maximum Gasteiger partial charge on any atom is 0.170 e. The van der Waals surface area contributed by atoms with Crippen LogP contribution in [0.4, 0.5) is 4.39 Å². The van der Waals surface area contributed by atoms with Gasteiger partial charge in [-0.25, -0.2) is 4.39 Å². The van der Waals surface area contributed by atoms with Crippen LogP contribution in [0.2, 0.25) is 0 Å². The van der Waals surface area contributed by atoms with Gasteiger partial charge in [0.05, 0.1) is 5.69 Å². The van der Waals surface area contributed by atoms with E-state index in [0.29, 0.717) is 29.6 Å². The lowest BCUT2D eigenvalue weighted by Crippen LogP contribution is -2.35. The normalized spacial score (nSPS) is 20.9. The van der Waals surface area contributed by atoms with Gasteiger partial charge in [0.1, 0.15) is 5.82 Å². The summed E-state index contributed by atoms with van der Waals surface area (Å²) in [4.78, 5) is 14.9. The number of aromatic nitrogens is 1. The molecule has 3 aromatic rings. The molecule has 0 bridgehead atoms. The van der Waals surface area contributed by atoms with Crippen molar-refractivity contribution in [3.63, 3.8) is 0 Å². The molecule has 1 aromatic heterocycles. The minimum Gasteiger partial charge on any atom is -0.356 e. The molecule has 5 heteroatoms. The van der Waals surface area contributed by atoms with E-state index in [1.807, 2.05) is 18.2 Å². The van der Waals surface area contributed by atoms with Gasteiger partial charge in [0, 0.05) is 29.4 Å². The van der Waals surface area contributed by atoms with E-state index in [2.05, 4.69) is 16.1 Å². The number of carbonyl (C=O) groups is 1. The van der Waals surface area contributed by atoms with Gasteiger partial charge in [-0.2, -0.15) is 0 Å². The van der Waals surface area contributed by atoms with Gasteiger partial charge in [-0.05, 0) is 68.9 Å². The minimum absolute atomic E-state index is 0.293. The predicted molar refractivity (Wildman–Crippen MR) is 110 cm³/mol. The van der Waals surface area contributed by atoms with Crippen molar-refractivity contribution in [3.8, 4) is 0 Å². The first-order valence-corrected chi connectivity index (χ1v) is 10.6. The second kappa shape index (κ2) is 7.71. The number of nitrogens with zero attached hydrogens (tertiary/aromatic N) is 2. The number of ketones is 1. The monoisotopic (exact) mass is 392 g/mol. The summed E-state index contributed by atoms with van der Waals surface area (Å²) >= 11 is 0. The fourth-order valence-electron chi connectivity index (χ4n) is 4.95. The first-order valence-electron chi connectivity index (χ1n) is 10.6. The number of fused-ring (bicyclic) bond motifs is 2. The molecular weight excluding hydrogens is 367 g/mol. The summed E-state index contributed by atoms with van der Waals surface area (Å²) < 4.78 is 18.7. The summed E-state index contributed by atoms with van der Waals surface area (Å²) in [5.41, 5.74) is 3.63. The lowest BCUT2D eigenvalue weighted by Gasteiger charge is -2.33. The molecule has 0 amide bonds. The van der Waals surface area contributed by atoms with Crippen LogP contribution in [0.1, 0.15) is 53.2 Å². The molecule has 0 radical (unpaired) electrons. The molecule has 2 aromatic carbocycles. The fourth-order valence-corrected chi connectivity index (χ4v) is 4.95. The molecule has 1 atom stereocenters. The van der Waals surface area contributed by atoms with Gasteiger partial charge in [-0.3, -0.25) is 4.79 Å². The molecule has 4 nitrogen and oxygen atoms in total. The summed E-state index contributed by atoms with van der Waals surface area (Å²) in [6.45, 7) is 3.09. The minimum atomic E-state index is -0.293. The Morgan fingerprint density at radius 2 is 1.93 bits per heavy atom. The van der Waals surface area contributed by atoms with E-state index in [0.717, 1.165) is 62.0 Å². The van der Waals surface area contributed by atoms with E-state index in [1.165, 1.54) is 17.7 Å². The van der Waals surface area contributed by atoms with Gasteiger partial charge in [-0.15, -0.1) is 0 Å². The highest BCUT2D eigenvalue weighted by molar-refractivity contribution is 5.98. The first-order chi connectivity index (χ1) is 14.2. The van der Waals surface area contributed by atoms with Crippen LogP contribution in [0.3, 0.4) is 0 Å². The molecule has 0 N–H and O–H groups in total.